The van der Waals surface area contributed by atoms with Gasteiger partial charge >= 0.3 is 6.03 Å². The molecule has 0 saturated carbocycles. The van der Waals surface area contributed by atoms with Crippen LogP contribution in [0.1, 0.15) is 18.4 Å². The predicted molar refractivity (Wildman–Crippen MR) is 100 cm³/mol. The number of carbonyl (C=O) groups is 2. The molecule has 3 rings (SSSR count). The number of carbonyl (C=O) groups excluding carboxylic acids is 2. The molecule has 1 unspecified atom stereocenters. The molecule has 0 aliphatic carbocycles. The van der Waals surface area contributed by atoms with Gasteiger partial charge in [-0.3, -0.25) is 4.79 Å². The fourth-order valence-electron chi connectivity index (χ4n) is 2.99. The van der Waals surface area contributed by atoms with Gasteiger partial charge in [0, 0.05) is 22.9 Å². The predicted octanol–water partition coefficient (Wildman–Crippen LogP) is 4.28. The third-order valence-electron chi connectivity index (χ3n) is 4.18. The van der Waals surface area contributed by atoms with Crippen molar-refractivity contribution in [2.75, 3.05) is 17.2 Å². The fourth-order valence-corrected chi connectivity index (χ4v) is 3.18. The Morgan fingerprint density at radius 3 is 2.52 bits per heavy atom. The van der Waals surface area contributed by atoms with Gasteiger partial charge in [-0.1, -0.05) is 29.8 Å². The number of aryl methyl sites for hydroxylation is 1. The second-order valence-corrected chi connectivity index (χ2v) is 6.59. The summed E-state index contributed by atoms with van der Waals surface area (Å²) in [5.41, 5.74) is 2.43. The molecular formula is C19H20ClN3O2. The molecular weight excluding hydrogens is 338 g/mol. The van der Waals surface area contributed by atoms with Crippen LogP contribution in [0.25, 0.3) is 0 Å². The Bertz CT molecular complexity index is 728. The number of hydrogen-bond acceptors (Lipinski definition) is 2. The van der Waals surface area contributed by atoms with E-state index in [1.165, 1.54) is 0 Å². The average Bonchev–Trinajstić information content (AvgIpc) is 3.04. The van der Waals surface area contributed by atoms with E-state index < -0.39 is 6.04 Å². The number of benzene rings is 2. The van der Waals surface area contributed by atoms with Gasteiger partial charge in [0.15, 0.2) is 0 Å². The van der Waals surface area contributed by atoms with Crippen molar-refractivity contribution in [3.8, 4) is 0 Å². The number of halogens is 1. The van der Waals surface area contributed by atoms with Crippen molar-refractivity contribution in [2.45, 2.75) is 25.8 Å². The van der Waals surface area contributed by atoms with Gasteiger partial charge in [0.1, 0.15) is 6.04 Å². The molecule has 1 aliphatic heterocycles. The molecule has 25 heavy (non-hydrogen) atoms. The van der Waals surface area contributed by atoms with E-state index in [-0.39, 0.29) is 11.9 Å². The van der Waals surface area contributed by atoms with Crippen molar-refractivity contribution in [1.29, 1.82) is 0 Å². The molecule has 130 valence electrons. The highest BCUT2D eigenvalue weighted by atomic mass is 35.5. The summed E-state index contributed by atoms with van der Waals surface area (Å²) in [7, 11) is 0. The van der Waals surface area contributed by atoms with E-state index >= 15 is 0 Å². The van der Waals surface area contributed by atoms with Gasteiger partial charge in [0.2, 0.25) is 5.91 Å². The van der Waals surface area contributed by atoms with Gasteiger partial charge in [0.05, 0.1) is 0 Å². The molecule has 6 heteroatoms. The third kappa shape index (κ3) is 4.31. The molecule has 1 aliphatic rings. The summed E-state index contributed by atoms with van der Waals surface area (Å²) in [4.78, 5) is 26.7. The lowest BCUT2D eigenvalue weighted by Crippen LogP contribution is -2.45. The first-order valence-electron chi connectivity index (χ1n) is 8.23. The molecule has 0 spiro atoms. The highest BCUT2D eigenvalue weighted by Gasteiger charge is 2.34. The molecule has 1 fully saturated rings. The van der Waals surface area contributed by atoms with Crippen LogP contribution in [0.15, 0.2) is 48.5 Å². The second-order valence-electron chi connectivity index (χ2n) is 6.15. The molecule has 0 radical (unpaired) electrons. The van der Waals surface area contributed by atoms with E-state index in [0.717, 1.165) is 17.7 Å². The van der Waals surface area contributed by atoms with Crippen LogP contribution >= 0.6 is 11.6 Å². The molecule has 2 N–H and O–H groups in total. The standard InChI is InChI=1S/C19H20ClN3O2/c1-13-5-2-7-15(11-13)21-18(24)17-9-4-10-23(17)19(25)22-16-8-3-6-14(20)12-16/h2-3,5-8,11-12,17H,4,9-10H2,1H3,(H,21,24)(H,22,25). The van der Waals surface area contributed by atoms with Gasteiger partial charge < -0.3 is 15.5 Å². The van der Waals surface area contributed by atoms with E-state index in [1.54, 1.807) is 29.2 Å². The Balaban J connectivity index is 1.67. The maximum atomic E-state index is 12.6. The lowest BCUT2D eigenvalue weighted by molar-refractivity contribution is -0.119. The van der Waals surface area contributed by atoms with E-state index in [0.29, 0.717) is 23.7 Å². The topological polar surface area (TPSA) is 61.4 Å². The zero-order valence-corrected chi connectivity index (χ0v) is 14.7. The van der Waals surface area contributed by atoms with Gasteiger partial charge in [-0.25, -0.2) is 4.79 Å². The van der Waals surface area contributed by atoms with Crippen molar-refractivity contribution in [3.05, 3.63) is 59.1 Å². The number of nitrogens with zero attached hydrogens (tertiary/aromatic N) is 1. The largest absolute Gasteiger partial charge is 0.324 e. The zero-order chi connectivity index (χ0) is 17.8. The van der Waals surface area contributed by atoms with Crippen molar-refractivity contribution in [1.82, 2.24) is 4.90 Å². The third-order valence-corrected chi connectivity index (χ3v) is 4.41. The second kappa shape index (κ2) is 7.57. The minimum absolute atomic E-state index is 0.163. The summed E-state index contributed by atoms with van der Waals surface area (Å²) in [5, 5.41) is 6.25. The first-order chi connectivity index (χ1) is 12.0. The number of anilines is 2. The number of likely N-dealkylation sites (tertiary alicyclic amines) is 1. The van der Waals surface area contributed by atoms with Crippen LogP contribution in [0, 0.1) is 6.92 Å². The molecule has 0 bridgehead atoms. The zero-order valence-electron chi connectivity index (χ0n) is 14.0. The van der Waals surface area contributed by atoms with Crippen LogP contribution in [0.4, 0.5) is 16.2 Å². The van der Waals surface area contributed by atoms with Gasteiger partial charge in [-0.05, 0) is 55.7 Å². The Labute approximate surface area is 152 Å². The Morgan fingerprint density at radius 1 is 1.08 bits per heavy atom. The van der Waals surface area contributed by atoms with Crippen molar-refractivity contribution in [3.63, 3.8) is 0 Å². The molecule has 5 nitrogen and oxygen atoms in total. The van der Waals surface area contributed by atoms with E-state index in [2.05, 4.69) is 10.6 Å². The van der Waals surface area contributed by atoms with E-state index in [9.17, 15) is 9.59 Å². The molecule has 0 aromatic heterocycles. The normalized spacial score (nSPS) is 16.6. The lowest BCUT2D eigenvalue weighted by Gasteiger charge is -2.24. The number of amides is 3. The molecule has 1 saturated heterocycles. The Morgan fingerprint density at radius 2 is 1.80 bits per heavy atom. The summed E-state index contributed by atoms with van der Waals surface area (Å²) in [5.74, 6) is -0.163. The molecule has 1 atom stereocenters. The van der Waals surface area contributed by atoms with Crippen molar-refractivity contribution < 1.29 is 9.59 Å². The summed E-state index contributed by atoms with van der Waals surface area (Å²) in [6, 6.07) is 13.8. The van der Waals surface area contributed by atoms with Gasteiger partial charge in [-0.2, -0.15) is 0 Å². The first kappa shape index (κ1) is 17.3. The van der Waals surface area contributed by atoms with Crippen LogP contribution in [0.2, 0.25) is 5.02 Å². The highest BCUT2D eigenvalue weighted by molar-refractivity contribution is 6.30. The van der Waals surface area contributed by atoms with Crippen LogP contribution in [-0.4, -0.2) is 29.4 Å². The summed E-state index contributed by atoms with van der Waals surface area (Å²) in [6.45, 7) is 2.52. The number of nitrogens with one attached hydrogen (secondary N) is 2. The van der Waals surface area contributed by atoms with Crippen LogP contribution in [0.3, 0.4) is 0 Å². The van der Waals surface area contributed by atoms with Crippen LogP contribution in [0.5, 0.6) is 0 Å². The van der Waals surface area contributed by atoms with Crippen LogP contribution < -0.4 is 10.6 Å². The van der Waals surface area contributed by atoms with E-state index in [1.807, 2.05) is 31.2 Å². The Hall–Kier alpha value is -2.53. The molecule has 2 aromatic carbocycles. The number of urea groups is 1. The molecule has 3 amide bonds. The monoisotopic (exact) mass is 357 g/mol. The number of rotatable bonds is 3. The summed E-state index contributed by atoms with van der Waals surface area (Å²) < 4.78 is 0. The van der Waals surface area contributed by atoms with Crippen molar-refractivity contribution in [2.24, 2.45) is 0 Å². The highest BCUT2D eigenvalue weighted by Crippen LogP contribution is 2.22. The number of hydrogen-bond donors (Lipinski definition) is 2. The minimum atomic E-state index is -0.473. The van der Waals surface area contributed by atoms with Crippen LogP contribution in [-0.2, 0) is 4.79 Å². The maximum absolute atomic E-state index is 12.6. The van der Waals surface area contributed by atoms with Gasteiger partial charge in [0.25, 0.3) is 0 Å². The minimum Gasteiger partial charge on any atom is -0.324 e. The summed E-state index contributed by atoms with van der Waals surface area (Å²) >= 11 is 5.94. The maximum Gasteiger partial charge on any atom is 0.322 e. The summed E-state index contributed by atoms with van der Waals surface area (Å²) in [6.07, 6.45) is 1.45. The quantitative estimate of drug-likeness (QED) is 0.861. The molecule has 2 aromatic rings. The Kier molecular flexibility index (Phi) is 5.24. The van der Waals surface area contributed by atoms with Crippen molar-refractivity contribution >= 4 is 34.9 Å². The lowest BCUT2D eigenvalue weighted by atomic mass is 10.2. The first-order valence-corrected chi connectivity index (χ1v) is 8.61. The molecule has 1 heterocycles. The SMILES string of the molecule is Cc1cccc(NC(=O)C2CCCN2C(=O)Nc2cccc(Cl)c2)c1. The fraction of sp³-hybridized carbons (Fsp3) is 0.263. The van der Waals surface area contributed by atoms with E-state index in [4.69, 9.17) is 11.6 Å². The smallest absolute Gasteiger partial charge is 0.322 e. The average molecular weight is 358 g/mol. The van der Waals surface area contributed by atoms with Gasteiger partial charge in [-0.15, -0.1) is 0 Å².